The van der Waals surface area contributed by atoms with Gasteiger partial charge in [0.15, 0.2) is 0 Å². The molecule has 6 nitrogen and oxygen atoms in total. The van der Waals surface area contributed by atoms with E-state index in [0.717, 1.165) is 17.1 Å². The van der Waals surface area contributed by atoms with Crippen molar-refractivity contribution < 1.29 is 14.6 Å². The molecule has 2 heterocycles. The van der Waals surface area contributed by atoms with Crippen LogP contribution in [0, 0.1) is 6.92 Å². The number of nitrogens with zero attached hydrogens (tertiary/aromatic N) is 2. The van der Waals surface area contributed by atoms with Gasteiger partial charge in [0, 0.05) is 18.5 Å². The highest BCUT2D eigenvalue weighted by Crippen LogP contribution is 2.24. The zero-order chi connectivity index (χ0) is 12.3. The molecule has 0 aromatic carbocycles. The molecule has 0 atom stereocenters. The van der Waals surface area contributed by atoms with Crippen molar-refractivity contribution in [2.24, 2.45) is 0 Å². The van der Waals surface area contributed by atoms with Gasteiger partial charge < -0.3 is 15.2 Å². The van der Waals surface area contributed by atoms with Gasteiger partial charge in [-0.05, 0) is 13.3 Å². The first-order valence-electron chi connectivity index (χ1n) is 5.56. The van der Waals surface area contributed by atoms with Crippen LogP contribution in [0.25, 0.3) is 0 Å². The Morgan fingerprint density at radius 2 is 2.29 bits per heavy atom. The first-order chi connectivity index (χ1) is 8.16. The Balaban J connectivity index is 1.98. The molecule has 0 aliphatic carbocycles. The van der Waals surface area contributed by atoms with Crippen molar-refractivity contribution in [1.82, 2.24) is 9.97 Å². The van der Waals surface area contributed by atoms with Gasteiger partial charge in [-0.25, -0.2) is 9.97 Å². The number of ether oxygens (including phenoxy) is 1. The molecule has 17 heavy (non-hydrogen) atoms. The van der Waals surface area contributed by atoms with Gasteiger partial charge in [-0.15, -0.1) is 0 Å². The van der Waals surface area contributed by atoms with Crippen LogP contribution in [0.2, 0.25) is 0 Å². The van der Waals surface area contributed by atoms with Crippen molar-refractivity contribution in [2.75, 3.05) is 11.9 Å². The van der Waals surface area contributed by atoms with Crippen molar-refractivity contribution >= 4 is 11.8 Å². The predicted octanol–water partition coefficient (Wildman–Crippen LogP) is 1.09. The van der Waals surface area contributed by atoms with Gasteiger partial charge in [-0.1, -0.05) is 0 Å². The number of carboxylic acid groups (broad SMARTS) is 1. The Hall–Kier alpha value is -1.69. The van der Waals surface area contributed by atoms with Crippen molar-refractivity contribution in [2.45, 2.75) is 33.0 Å². The second-order valence-electron chi connectivity index (χ2n) is 3.96. The number of aliphatic carboxylic acids is 1. The number of carboxylic acids is 1. The number of anilines is 1. The molecule has 0 saturated carbocycles. The number of carbonyl (C=O) groups is 1. The Kier molecular flexibility index (Phi) is 3.53. The normalized spacial score (nSPS) is 13.5. The van der Waals surface area contributed by atoms with E-state index in [1.807, 2.05) is 6.92 Å². The van der Waals surface area contributed by atoms with E-state index in [9.17, 15) is 4.79 Å². The van der Waals surface area contributed by atoms with Crippen LogP contribution in [0.3, 0.4) is 0 Å². The maximum absolute atomic E-state index is 10.4. The second kappa shape index (κ2) is 5.09. The van der Waals surface area contributed by atoms with Gasteiger partial charge in [-0.3, -0.25) is 4.79 Å². The zero-order valence-corrected chi connectivity index (χ0v) is 9.69. The summed E-state index contributed by atoms with van der Waals surface area (Å²) in [5.74, 6) is 0.699. The summed E-state index contributed by atoms with van der Waals surface area (Å²) in [4.78, 5) is 19.0. The highest BCUT2D eigenvalue weighted by Gasteiger charge is 2.18. The number of rotatable bonds is 5. The molecular formula is C11H15N3O3. The fraction of sp³-hybridized carbons (Fsp3) is 0.545. The Bertz CT molecular complexity index is 434. The molecule has 1 aromatic rings. The average Bonchev–Trinajstić information content (AvgIpc) is 2.71. The van der Waals surface area contributed by atoms with Gasteiger partial charge in [0.2, 0.25) is 0 Å². The minimum atomic E-state index is -0.778. The summed E-state index contributed by atoms with van der Waals surface area (Å²) in [7, 11) is 0. The molecule has 2 N–H and O–H groups in total. The van der Waals surface area contributed by atoms with E-state index in [0.29, 0.717) is 32.0 Å². The molecule has 0 spiro atoms. The van der Waals surface area contributed by atoms with E-state index in [-0.39, 0.29) is 6.42 Å². The minimum absolute atomic E-state index is 0.162. The molecule has 0 radical (unpaired) electrons. The number of nitrogens with one attached hydrogen (secondary N) is 1. The molecule has 1 aliphatic heterocycles. The van der Waals surface area contributed by atoms with Crippen LogP contribution in [0.15, 0.2) is 0 Å². The number of hydrogen-bond donors (Lipinski definition) is 2. The van der Waals surface area contributed by atoms with Crippen LogP contribution >= 0.6 is 0 Å². The van der Waals surface area contributed by atoms with E-state index < -0.39 is 5.97 Å². The lowest BCUT2D eigenvalue weighted by molar-refractivity contribution is -0.137. The van der Waals surface area contributed by atoms with Crippen LogP contribution < -0.4 is 5.32 Å². The van der Waals surface area contributed by atoms with E-state index in [1.165, 1.54) is 0 Å². The molecule has 1 aliphatic rings. The van der Waals surface area contributed by atoms with Crippen molar-refractivity contribution in [3.63, 3.8) is 0 Å². The molecule has 0 unspecified atom stereocenters. The number of fused-ring (bicyclic) bond motifs is 1. The van der Waals surface area contributed by atoms with Gasteiger partial charge in [0.25, 0.3) is 0 Å². The minimum Gasteiger partial charge on any atom is -0.481 e. The standard InChI is InChI=1S/C11H15N3O3/c1-7-13-9-6-17-5-8(9)11(14-7)12-4-2-3-10(15)16/h2-6H2,1H3,(H,15,16)(H,12,13,14). The smallest absolute Gasteiger partial charge is 0.303 e. The molecule has 92 valence electrons. The lowest BCUT2D eigenvalue weighted by atomic mass is 10.2. The molecule has 0 amide bonds. The third-order valence-corrected chi connectivity index (χ3v) is 2.55. The van der Waals surface area contributed by atoms with Gasteiger partial charge >= 0.3 is 5.97 Å². The largest absolute Gasteiger partial charge is 0.481 e. The van der Waals surface area contributed by atoms with E-state index in [2.05, 4.69) is 15.3 Å². The van der Waals surface area contributed by atoms with Gasteiger partial charge in [0.05, 0.1) is 18.9 Å². The summed E-state index contributed by atoms with van der Waals surface area (Å²) in [6, 6.07) is 0. The zero-order valence-electron chi connectivity index (χ0n) is 9.69. The van der Waals surface area contributed by atoms with Crippen molar-refractivity contribution in [3.05, 3.63) is 17.1 Å². The molecule has 0 bridgehead atoms. The lowest BCUT2D eigenvalue weighted by Crippen LogP contribution is -2.10. The van der Waals surface area contributed by atoms with Crippen LogP contribution in [-0.2, 0) is 22.7 Å². The lowest BCUT2D eigenvalue weighted by Gasteiger charge is -2.09. The molecule has 6 heteroatoms. The Morgan fingerprint density at radius 1 is 1.47 bits per heavy atom. The summed E-state index contributed by atoms with van der Waals surface area (Å²) >= 11 is 0. The third-order valence-electron chi connectivity index (χ3n) is 2.55. The molecule has 0 saturated heterocycles. The van der Waals surface area contributed by atoms with Crippen LogP contribution in [0.5, 0.6) is 0 Å². The summed E-state index contributed by atoms with van der Waals surface area (Å²) in [6.45, 7) is 3.48. The van der Waals surface area contributed by atoms with E-state index >= 15 is 0 Å². The summed E-state index contributed by atoms with van der Waals surface area (Å²) in [5, 5.41) is 11.7. The van der Waals surface area contributed by atoms with Crippen LogP contribution in [0.1, 0.15) is 29.9 Å². The second-order valence-corrected chi connectivity index (χ2v) is 3.96. The van der Waals surface area contributed by atoms with E-state index in [4.69, 9.17) is 9.84 Å². The summed E-state index contributed by atoms with van der Waals surface area (Å²) < 4.78 is 5.32. The molecule has 0 fully saturated rings. The molecule has 2 rings (SSSR count). The Morgan fingerprint density at radius 3 is 3.06 bits per heavy atom. The summed E-state index contributed by atoms with van der Waals surface area (Å²) in [5.41, 5.74) is 1.92. The monoisotopic (exact) mass is 237 g/mol. The van der Waals surface area contributed by atoms with Crippen LogP contribution in [-0.4, -0.2) is 27.6 Å². The molecule has 1 aromatic heterocycles. The first-order valence-corrected chi connectivity index (χ1v) is 5.56. The quantitative estimate of drug-likeness (QED) is 0.746. The fourth-order valence-electron chi connectivity index (χ4n) is 1.77. The number of hydrogen-bond acceptors (Lipinski definition) is 5. The topological polar surface area (TPSA) is 84.3 Å². The molecular weight excluding hydrogens is 222 g/mol. The van der Waals surface area contributed by atoms with Crippen molar-refractivity contribution in [1.29, 1.82) is 0 Å². The third kappa shape index (κ3) is 2.91. The number of aromatic nitrogens is 2. The van der Waals surface area contributed by atoms with Gasteiger partial charge in [-0.2, -0.15) is 0 Å². The fourth-order valence-corrected chi connectivity index (χ4v) is 1.77. The predicted molar refractivity (Wildman–Crippen MR) is 60.6 cm³/mol. The highest BCUT2D eigenvalue weighted by atomic mass is 16.5. The maximum Gasteiger partial charge on any atom is 0.303 e. The SMILES string of the molecule is Cc1nc2c(c(NCCCC(=O)O)n1)COC2. The maximum atomic E-state index is 10.4. The average molecular weight is 237 g/mol. The highest BCUT2D eigenvalue weighted by molar-refractivity contribution is 5.66. The number of aryl methyl sites for hydroxylation is 1. The van der Waals surface area contributed by atoms with E-state index in [1.54, 1.807) is 0 Å². The Labute approximate surface area is 99.0 Å². The first kappa shape index (κ1) is 11.8. The van der Waals surface area contributed by atoms with Gasteiger partial charge in [0.1, 0.15) is 11.6 Å². The summed E-state index contributed by atoms with van der Waals surface area (Å²) in [6.07, 6.45) is 0.740. The van der Waals surface area contributed by atoms with Crippen molar-refractivity contribution in [3.8, 4) is 0 Å². The van der Waals surface area contributed by atoms with Crippen LogP contribution in [0.4, 0.5) is 5.82 Å².